The van der Waals surface area contributed by atoms with Crippen LogP contribution >= 0.6 is 0 Å². The SMILES string of the molecule is COc1cc2c(Oc3ccc4[nH]cc(C)c4c3)ncnc2cc1OCC(O)CNCCCN1CCN(C)CC1. The summed E-state index contributed by atoms with van der Waals surface area (Å²) in [7, 11) is 3.75. The number of rotatable bonds is 12. The van der Waals surface area contributed by atoms with Gasteiger partial charge in [-0.05, 0) is 63.3 Å². The maximum Gasteiger partial charge on any atom is 0.230 e. The number of aromatic nitrogens is 3. The lowest BCUT2D eigenvalue weighted by atomic mass is 10.2. The minimum atomic E-state index is -0.648. The van der Waals surface area contributed by atoms with Gasteiger partial charge in [-0.2, -0.15) is 0 Å². The van der Waals surface area contributed by atoms with Crippen LogP contribution in [0.2, 0.25) is 0 Å². The minimum absolute atomic E-state index is 0.137. The Balaban J connectivity index is 1.16. The Bertz CT molecular complexity index is 1390. The van der Waals surface area contributed by atoms with Gasteiger partial charge in [0.05, 0.1) is 18.0 Å². The monoisotopic (exact) mass is 534 g/mol. The molecule has 1 aliphatic rings. The van der Waals surface area contributed by atoms with Crippen LogP contribution in [0.3, 0.4) is 0 Å². The summed E-state index contributed by atoms with van der Waals surface area (Å²) in [6, 6.07) is 9.48. The van der Waals surface area contributed by atoms with Crippen molar-refractivity contribution in [1.82, 2.24) is 30.1 Å². The first-order valence-corrected chi connectivity index (χ1v) is 13.5. The fourth-order valence-electron chi connectivity index (χ4n) is 4.82. The van der Waals surface area contributed by atoms with E-state index in [2.05, 4.69) is 44.0 Å². The summed E-state index contributed by atoms with van der Waals surface area (Å²) in [5, 5.41) is 15.6. The number of aryl methyl sites for hydroxylation is 1. The number of hydrogen-bond donors (Lipinski definition) is 3. The summed E-state index contributed by atoms with van der Waals surface area (Å²) in [5.74, 6) is 2.14. The Morgan fingerprint density at radius 1 is 1.08 bits per heavy atom. The molecule has 0 amide bonds. The lowest BCUT2D eigenvalue weighted by Crippen LogP contribution is -2.45. The number of aliphatic hydroxyl groups excluding tert-OH is 1. The third kappa shape index (κ3) is 6.77. The van der Waals surface area contributed by atoms with E-state index in [1.165, 1.54) is 6.33 Å². The average molecular weight is 535 g/mol. The first kappa shape index (κ1) is 27.1. The molecule has 1 aliphatic heterocycles. The van der Waals surface area contributed by atoms with Crippen LogP contribution in [0.15, 0.2) is 42.9 Å². The molecule has 3 heterocycles. The van der Waals surface area contributed by atoms with E-state index in [4.69, 9.17) is 14.2 Å². The Hall–Kier alpha value is -3.44. The molecule has 208 valence electrons. The van der Waals surface area contributed by atoms with Crippen LogP contribution in [0.1, 0.15) is 12.0 Å². The Morgan fingerprint density at radius 3 is 2.74 bits per heavy atom. The Kier molecular flexibility index (Phi) is 8.77. The molecule has 0 spiro atoms. The zero-order chi connectivity index (χ0) is 27.2. The number of H-pyrrole nitrogens is 1. The molecular weight excluding hydrogens is 496 g/mol. The van der Waals surface area contributed by atoms with Crippen molar-refractivity contribution in [2.45, 2.75) is 19.4 Å². The maximum atomic E-state index is 10.5. The zero-order valence-corrected chi connectivity index (χ0v) is 22.9. The van der Waals surface area contributed by atoms with Crippen LogP contribution in [0, 0.1) is 6.92 Å². The zero-order valence-electron chi connectivity index (χ0n) is 22.9. The van der Waals surface area contributed by atoms with Crippen LogP contribution in [-0.2, 0) is 0 Å². The van der Waals surface area contributed by atoms with E-state index in [9.17, 15) is 5.11 Å². The summed E-state index contributed by atoms with van der Waals surface area (Å²) in [4.78, 5) is 16.9. The Labute approximate surface area is 228 Å². The summed E-state index contributed by atoms with van der Waals surface area (Å²) in [5.41, 5.74) is 2.86. The van der Waals surface area contributed by atoms with Crippen molar-refractivity contribution in [2.75, 3.05) is 66.6 Å². The molecule has 2 aromatic carbocycles. The van der Waals surface area contributed by atoms with Gasteiger partial charge in [0.1, 0.15) is 24.8 Å². The second-order valence-corrected chi connectivity index (χ2v) is 10.1. The van der Waals surface area contributed by atoms with E-state index < -0.39 is 6.10 Å². The van der Waals surface area contributed by atoms with Gasteiger partial charge >= 0.3 is 0 Å². The number of aromatic amines is 1. The highest BCUT2D eigenvalue weighted by atomic mass is 16.5. The highest BCUT2D eigenvalue weighted by molar-refractivity contribution is 5.88. The third-order valence-electron chi connectivity index (χ3n) is 7.19. The molecule has 1 saturated heterocycles. The van der Waals surface area contributed by atoms with Crippen LogP contribution in [0.5, 0.6) is 23.1 Å². The van der Waals surface area contributed by atoms with Gasteiger partial charge in [-0.3, -0.25) is 0 Å². The smallest absolute Gasteiger partial charge is 0.230 e. The first-order chi connectivity index (χ1) is 19.0. The number of benzene rings is 2. The van der Waals surface area contributed by atoms with Gasteiger partial charge in [-0.25, -0.2) is 9.97 Å². The van der Waals surface area contributed by atoms with Crippen LogP contribution in [0.4, 0.5) is 0 Å². The topological polar surface area (TPSA) is 108 Å². The van der Waals surface area contributed by atoms with Crippen molar-refractivity contribution in [3.63, 3.8) is 0 Å². The standard InChI is InChI=1S/C29H38N6O4/c1-20-16-31-25-6-5-22(13-23(20)25)39-29-24-14-27(37-3)28(15-26(24)32-19-33-29)38-18-21(36)17-30-7-4-8-35-11-9-34(2)10-12-35/h5-6,13-16,19,21,30-31,36H,4,7-12,17-18H2,1-3H3. The fourth-order valence-corrected chi connectivity index (χ4v) is 4.82. The number of piperazine rings is 1. The van der Waals surface area contributed by atoms with Gasteiger partial charge in [-0.15, -0.1) is 0 Å². The van der Waals surface area contributed by atoms with Gasteiger partial charge in [-0.1, -0.05) is 0 Å². The van der Waals surface area contributed by atoms with Crippen molar-refractivity contribution >= 4 is 21.8 Å². The van der Waals surface area contributed by atoms with E-state index in [1.807, 2.05) is 30.5 Å². The molecule has 3 N–H and O–H groups in total. The summed E-state index contributed by atoms with van der Waals surface area (Å²) in [6.07, 6.45) is 3.85. The molecule has 10 nitrogen and oxygen atoms in total. The quantitative estimate of drug-likeness (QED) is 0.236. The second-order valence-electron chi connectivity index (χ2n) is 10.1. The molecule has 5 rings (SSSR count). The molecule has 4 aromatic rings. The number of likely N-dealkylation sites (N-methyl/N-ethyl adjacent to an activating group) is 1. The Morgan fingerprint density at radius 2 is 1.92 bits per heavy atom. The van der Waals surface area contributed by atoms with Gasteiger partial charge in [0.2, 0.25) is 5.88 Å². The summed E-state index contributed by atoms with van der Waals surface area (Å²) in [6.45, 7) is 9.11. The number of aliphatic hydroxyl groups is 1. The molecule has 1 fully saturated rings. The van der Waals surface area contributed by atoms with Crippen molar-refractivity contribution in [3.05, 3.63) is 48.4 Å². The average Bonchev–Trinajstić information content (AvgIpc) is 3.32. The van der Waals surface area contributed by atoms with Crippen molar-refractivity contribution in [1.29, 1.82) is 0 Å². The van der Waals surface area contributed by atoms with Gasteiger partial charge in [0.25, 0.3) is 0 Å². The number of nitrogens with zero attached hydrogens (tertiary/aromatic N) is 4. The van der Waals surface area contributed by atoms with E-state index >= 15 is 0 Å². The van der Waals surface area contributed by atoms with Crippen molar-refractivity contribution in [2.24, 2.45) is 0 Å². The molecule has 39 heavy (non-hydrogen) atoms. The van der Waals surface area contributed by atoms with Crippen molar-refractivity contribution < 1.29 is 19.3 Å². The third-order valence-corrected chi connectivity index (χ3v) is 7.19. The van der Waals surface area contributed by atoms with Crippen LogP contribution < -0.4 is 19.5 Å². The number of nitrogens with one attached hydrogen (secondary N) is 2. The predicted octanol–water partition coefficient (Wildman–Crippen LogP) is 3.19. The predicted molar refractivity (Wildman–Crippen MR) is 152 cm³/mol. The molecule has 2 aromatic heterocycles. The van der Waals surface area contributed by atoms with Crippen LogP contribution in [-0.4, -0.2) is 103 Å². The van der Waals surface area contributed by atoms with Crippen LogP contribution in [0.25, 0.3) is 21.8 Å². The molecule has 0 saturated carbocycles. The van der Waals surface area contributed by atoms with E-state index in [-0.39, 0.29) is 6.61 Å². The maximum absolute atomic E-state index is 10.5. The van der Waals surface area contributed by atoms with Gasteiger partial charge in [0, 0.05) is 55.9 Å². The van der Waals surface area contributed by atoms with E-state index in [0.29, 0.717) is 40.6 Å². The molecule has 10 heteroatoms. The molecule has 1 atom stereocenters. The molecular formula is C29H38N6O4. The fraction of sp³-hybridized carbons (Fsp3) is 0.448. The molecule has 0 radical (unpaired) electrons. The summed E-state index contributed by atoms with van der Waals surface area (Å²) < 4.78 is 17.7. The highest BCUT2D eigenvalue weighted by Crippen LogP contribution is 2.36. The normalized spacial score (nSPS) is 15.6. The molecule has 0 bridgehead atoms. The van der Waals surface area contributed by atoms with Crippen molar-refractivity contribution in [3.8, 4) is 23.1 Å². The second kappa shape index (κ2) is 12.6. The lowest BCUT2D eigenvalue weighted by molar-refractivity contribution is 0.104. The summed E-state index contributed by atoms with van der Waals surface area (Å²) >= 11 is 0. The molecule has 0 aliphatic carbocycles. The van der Waals surface area contributed by atoms with Gasteiger partial charge in [0.15, 0.2) is 11.5 Å². The minimum Gasteiger partial charge on any atom is -0.493 e. The lowest BCUT2D eigenvalue weighted by Gasteiger charge is -2.32. The molecule has 1 unspecified atom stereocenters. The number of methoxy groups -OCH3 is 1. The van der Waals surface area contributed by atoms with E-state index in [1.54, 1.807) is 13.2 Å². The number of fused-ring (bicyclic) bond motifs is 2. The highest BCUT2D eigenvalue weighted by Gasteiger charge is 2.16. The number of hydrogen-bond acceptors (Lipinski definition) is 9. The van der Waals surface area contributed by atoms with Gasteiger partial charge < -0.3 is 39.4 Å². The first-order valence-electron chi connectivity index (χ1n) is 13.5. The van der Waals surface area contributed by atoms with E-state index in [0.717, 1.165) is 62.2 Å². The largest absolute Gasteiger partial charge is 0.493 e. The number of ether oxygens (including phenoxy) is 3.